The van der Waals surface area contributed by atoms with Gasteiger partial charge in [-0.1, -0.05) is 24.3 Å². The van der Waals surface area contributed by atoms with Gasteiger partial charge in [-0.25, -0.2) is 13.1 Å². The van der Waals surface area contributed by atoms with Crippen LogP contribution in [0.1, 0.15) is 24.0 Å². The third kappa shape index (κ3) is 4.64. The van der Waals surface area contributed by atoms with Gasteiger partial charge in [-0.05, 0) is 65.1 Å². The van der Waals surface area contributed by atoms with Gasteiger partial charge in [-0.15, -0.1) is 11.3 Å². The highest BCUT2D eigenvalue weighted by molar-refractivity contribution is 9.11. The number of nitrogens with one attached hydrogen (secondary N) is 1. The number of hydrogen-bond acceptors (Lipinski definition) is 4. The van der Waals surface area contributed by atoms with Gasteiger partial charge in [0.25, 0.3) is 0 Å². The Kier molecular flexibility index (Phi) is 5.53. The summed E-state index contributed by atoms with van der Waals surface area (Å²) in [6.45, 7) is 3.65. The van der Waals surface area contributed by atoms with Gasteiger partial charge in [-0.2, -0.15) is 0 Å². The number of benzene rings is 1. The Labute approximate surface area is 149 Å². The SMILES string of the molecule is O=S(=O)(NCc1ccc(CN2CCCC2)cc1)c1ccc(Br)s1. The summed E-state index contributed by atoms with van der Waals surface area (Å²) in [5.41, 5.74) is 2.25. The highest BCUT2D eigenvalue weighted by Gasteiger charge is 2.16. The van der Waals surface area contributed by atoms with E-state index in [-0.39, 0.29) is 0 Å². The molecule has 1 aromatic carbocycles. The second kappa shape index (κ2) is 7.44. The molecule has 3 rings (SSSR count). The minimum atomic E-state index is -3.44. The van der Waals surface area contributed by atoms with Crippen LogP contribution in [0.25, 0.3) is 0 Å². The van der Waals surface area contributed by atoms with E-state index >= 15 is 0 Å². The van der Waals surface area contributed by atoms with Crippen molar-refractivity contribution in [3.8, 4) is 0 Å². The summed E-state index contributed by atoms with van der Waals surface area (Å²) in [4.78, 5) is 2.45. The Morgan fingerprint density at radius 2 is 1.70 bits per heavy atom. The van der Waals surface area contributed by atoms with Crippen LogP contribution in [0.4, 0.5) is 0 Å². The fourth-order valence-electron chi connectivity index (χ4n) is 2.65. The van der Waals surface area contributed by atoms with E-state index < -0.39 is 10.0 Å². The smallest absolute Gasteiger partial charge is 0.250 e. The maximum atomic E-state index is 12.2. The molecule has 4 nitrogen and oxygen atoms in total. The molecule has 0 saturated carbocycles. The largest absolute Gasteiger partial charge is 0.299 e. The molecule has 2 heterocycles. The molecule has 0 spiro atoms. The summed E-state index contributed by atoms with van der Waals surface area (Å²) < 4.78 is 28.2. The lowest BCUT2D eigenvalue weighted by molar-refractivity contribution is 0.331. The van der Waals surface area contributed by atoms with Gasteiger partial charge >= 0.3 is 0 Å². The number of hydrogen-bond donors (Lipinski definition) is 1. The van der Waals surface area contributed by atoms with Crippen molar-refractivity contribution >= 4 is 37.3 Å². The number of halogens is 1. The van der Waals surface area contributed by atoms with E-state index in [0.29, 0.717) is 10.8 Å². The zero-order valence-corrected chi connectivity index (χ0v) is 15.9. The van der Waals surface area contributed by atoms with E-state index in [1.54, 1.807) is 12.1 Å². The lowest BCUT2D eigenvalue weighted by Gasteiger charge is -2.14. The Hall–Kier alpha value is -0.730. The predicted molar refractivity (Wildman–Crippen MR) is 97.0 cm³/mol. The third-order valence-electron chi connectivity index (χ3n) is 3.91. The van der Waals surface area contributed by atoms with Crippen LogP contribution in [0.15, 0.2) is 44.4 Å². The molecular weight excluding hydrogens is 396 g/mol. The molecule has 1 N–H and O–H groups in total. The Bertz CT molecular complexity index is 751. The van der Waals surface area contributed by atoms with Gasteiger partial charge < -0.3 is 0 Å². The molecule has 0 amide bonds. The summed E-state index contributed by atoms with van der Waals surface area (Å²) >= 11 is 4.50. The molecule has 0 aliphatic carbocycles. The zero-order chi connectivity index (χ0) is 16.3. The third-order valence-corrected chi connectivity index (χ3v) is 7.42. The topological polar surface area (TPSA) is 49.4 Å². The summed E-state index contributed by atoms with van der Waals surface area (Å²) in [6.07, 6.45) is 2.58. The van der Waals surface area contributed by atoms with E-state index in [4.69, 9.17) is 0 Å². The highest BCUT2D eigenvalue weighted by Crippen LogP contribution is 2.26. The van der Waals surface area contributed by atoms with Crippen LogP contribution in [-0.2, 0) is 23.1 Å². The molecule has 0 atom stereocenters. The zero-order valence-electron chi connectivity index (χ0n) is 12.7. The van der Waals surface area contributed by atoms with Gasteiger partial charge in [0.1, 0.15) is 4.21 Å². The van der Waals surface area contributed by atoms with E-state index in [2.05, 4.69) is 37.7 Å². The summed E-state index contributed by atoms with van der Waals surface area (Å²) in [5, 5.41) is 0. The molecule has 7 heteroatoms. The van der Waals surface area contributed by atoms with Crippen LogP contribution in [0.2, 0.25) is 0 Å². The van der Waals surface area contributed by atoms with Crippen molar-refractivity contribution in [2.24, 2.45) is 0 Å². The normalized spacial score (nSPS) is 16.0. The van der Waals surface area contributed by atoms with E-state index in [1.807, 2.05) is 12.1 Å². The molecule has 0 unspecified atom stereocenters. The van der Waals surface area contributed by atoms with E-state index in [0.717, 1.165) is 15.9 Å². The minimum absolute atomic E-state index is 0.307. The molecule has 1 aromatic heterocycles. The van der Waals surface area contributed by atoms with Gasteiger partial charge in [0, 0.05) is 13.1 Å². The Balaban J connectivity index is 1.57. The summed E-state index contributed by atoms with van der Waals surface area (Å²) in [7, 11) is -3.44. The van der Waals surface area contributed by atoms with Crippen LogP contribution in [-0.4, -0.2) is 26.4 Å². The van der Waals surface area contributed by atoms with Gasteiger partial charge in [0.15, 0.2) is 0 Å². The molecule has 124 valence electrons. The number of likely N-dealkylation sites (tertiary alicyclic amines) is 1. The van der Waals surface area contributed by atoms with Crippen molar-refractivity contribution in [1.82, 2.24) is 9.62 Å². The van der Waals surface area contributed by atoms with Crippen LogP contribution >= 0.6 is 27.3 Å². The van der Waals surface area contributed by atoms with Crippen molar-refractivity contribution in [3.63, 3.8) is 0 Å². The second-order valence-electron chi connectivity index (χ2n) is 5.68. The lowest BCUT2D eigenvalue weighted by Crippen LogP contribution is -2.22. The average Bonchev–Trinajstić information content (AvgIpc) is 3.18. The van der Waals surface area contributed by atoms with E-state index in [9.17, 15) is 8.42 Å². The van der Waals surface area contributed by atoms with Crippen LogP contribution in [0.5, 0.6) is 0 Å². The van der Waals surface area contributed by atoms with Crippen molar-refractivity contribution in [3.05, 3.63) is 51.3 Å². The first-order valence-electron chi connectivity index (χ1n) is 7.58. The first-order chi connectivity index (χ1) is 11.0. The van der Waals surface area contributed by atoms with Crippen LogP contribution in [0.3, 0.4) is 0 Å². The number of rotatable bonds is 6. The molecule has 1 fully saturated rings. The Morgan fingerprint density at radius 3 is 2.30 bits per heavy atom. The van der Waals surface area contributed by atoms with Crippen molar-refractivity contribution in [2.75, 3.05) is 13.1 Å². The maximum absolute atomic E-state index is 12.2. The molecule has 2 aromatic rings. The molecule has 1 aliphatic heterocycles. The van der Waals surface area contributed by atoms with Gasteiger partial charge in [-0.3, -0.25) is 4.90 Å². The van der Waals surface area contributed by atoms with Gasteiger partial charge in [0.05, 0.1) is 3.79 Å². The summed E-state index contributed by atoms with van der Waals surface area (Å²) in [6, 6.07) is 11.5. The quantitative estimate of drug-likeness (QED) is 0.785. The molecule has 1 saturated heterocycles. The first-order valence-corrected chi connectivity index (χ1v) is 10.7. The second-order valence-corrected chi connectivity index (χ2v) is 10.1. The predicted octanol–water partition coefficient (Wildman–Crippen LogP) is 3.58. The number of thiophene rings is 1. The van der Waals surface area contributed by atoms with Gasteiger partial charge in [0.2, 0.25) is 10.0 Å². The minimum Gasteiger partial charge on any atom is -0.299 e. The van der Waals surface area contributed by atoms with Crippen molar-refractivity contribution in [2.45, 2.75) is 30.1 Å². The average molecular weight is 415 g/mol. The molecular formula is C16H19BrN2O2S2. The van der Waals surface area contributed by atoms with Crippen LogP contribution < -0.4 is 4.72 Å². The standard InChI is InChI=1S/C16H19BrN2O2S2/c17-15-7-8-16(22-15)23(20,21)18-11-13-3-5-14(6-4-13)12-19-9-1-2-10-19/h3-8,18H,1-2,9-12H2. The molecule has 1 aliphatic rings. The molecule has 0 radical (unpaired) electrons. The fraction of sp³-hybridized carbons (Fsp3) is 0.375. The number of sulfonamides is 1. The monoisotopic (exact) mass is 414 g/mol. The highest BCUT2D eigenvalue weighted by atomic mass is 79.9. The summed E-state index contributed by atoms with van der Waals surface area (Å²) in [5.74, 6) is 0. The Morgan fingerprint density at radius 1 is 1.04 bits per heavy atom. The lowest BCUT2D eigenvalue weighted by atomic mass is 10.1. The van der Waals surface area contributed by atoms with E-state index in [1.165, 1.54) is 42.8 Å². The van der Waals surface area contributed by atoms with Crippen LogP contribution in [0, 0.1) is 0 Å². The molecule has 0 bridgehead atoms. The van der Waals surface area contributed by atoms with Crippen molar-refractivity contribution in [1.29, 1.82) is 0 Å². The van der Waals surface area contributed by atoms with Crippen molar-refractivity contribution < 1.29 is 8.42 Å². The number of nitrogens with zero attached hydrogens (tertiary/aromatic N) is 1. The maximum Gasteiger partial charge on any atom is 0.250 e. The molecule has 23 heavy (non-hydrogen) atoms. The fourth-order valence-corrected chi connectivity index (χ4v) is 5.73. The first kappa shape index (κ1) is 17.1.